The van der Waals surface area contributed by atoms with Gasteiger partial charge in [-0.2, -0.15) is 30.7 Å². The molecular formula is C29H17BrClF9N2O2. The summed E-state index contributed by atoms with van der Waals surface area (Å²) in [5.41, 5.74) is -4.62. The SMILES string of the molecule is O=C(N[C@@](Cc1cccc(Br)c1)(c1cc(F)cc(OC(F)(F)C(F)F)c1)c1ccc(Cl)cn1)c1ccc(F)c(C(F)(F)F)c1. The third kappa shape index (κ3) is 7.46. The summed E-state index contributed by atoms with van der Waals surface area (Å²) in [5, 5.41) is 2.60. The minimum absolute atomic E-state index is 0.102. The number of hydrogen-bond donors (Lipinski definition) is 1. The third-order valence-electron chi connectivity index (χ3n) is 6.26. The topological polar surface area (TPSA) is 51.2 Å². The number of ether oxygens (including phenoxy) is 1. The molecule has 1 N–H and O–H groups in total. The average molecular weight is 712 g/mol. The molecule has 4 nitrogen and oxygen atoms in total. The molecule has 0 unspecified atom stereocenters. The molecule has 232 valence electrons. The Morgan fingerprint density at radius 2 is 1.68 bits per heavy atom. The Hall–Kier alpha value is -3.78. The standard InChI is InChI=1S/C29H17BrClF9N2O2/c30-18-3-1-2-15(8-18)13-27(24-7-5-19(31)14-41-24,17-10-20(32)12-21(11-17)44-29(39,40)26(34)35)42-25(43)16-4-6-23(33)22(9-16)28(36,37)38/h1-12,14,26H,13H2,(H,42,43)/t27-/m0/s1. The van der Waals surface area contributed by atoms with E-state index in [2.05, 4.69) is 31.0 Å². The van der Waals surface area contributed by atoms with Gasteiger partial charge in [-0.05, 0) is 65.7 Å². The zero-order valence-electron chi connectivity index (χ0n) is 21.7. The number of hydrogen-bond acceptors (Lipinski definition) is 3. The van der Waals surface area contributed by atoms with E-state index in [1.807, 2.05) is 0 Å². The van der Waals surface area contributed by atoms with Gasteiger partial charge in [0.2, 0.25) is 0 Å². The molecule has 0 saturated heterocycles. The van der Waals surface area contributed by atoms with Crippen LogP contribution in [0, 0.1) is 11.6 Å². The Balaban J connectivity index is 1.97. The molecule has 15 heteroatoms. The zero-order chi connectivity index (χ0) is 32.4. The largest absolute Gasteiger partial charge is 0.461 e. The van der Waals surface area contributed by atoms with Crippen LogP contribution >= 0.6 is 27.5 Å². The van der Waals surface area contributed by atoms with Crippen LogP contribution < -0.4 is 10.1 Å². The van der Waals surface area contributed by atoms with Crippen LogP contribution in [0.25, 0.3) is 0 Å². The lowest BCUT2D eigenvalue weighted by molar-refractivity contribution is -0.253. The van der Waals surface area contributed by atoms with Gasteiger partial charge in [0.1, 0.15) is 22.9 Å². The second-order valence-electron chi connectivity index (χ2n) is 9.36. The molecule has 1 aromatic heterocycles. The van der Waals surface area contributed by atoms with Crippen LogP contribution in [0.1, 0.15) is 32.7 Å². The molecule has 3 aromatic carbocycles. The predicted octanol–water partition coefficient (Wildman–Crippen LogP) is 8.95. The quantitative estimate of drug-likeness (QED) is 0.177. The third-order valence-corrected chi connectivity index (χ3v) is 6.97. The average Bonchev–Trinajstić information content (AvgIpc) is 2.92. The highest BCUT2D eigenvalue weighted by atomic mass is 79.9. The first-order valence-corrected chi connectivity index (χ1v) is 13.4. The van der Waals surface area contributed by atoms with Crippen molar-refractivity contribution in [1.82, 2.24) is 10.3 Å². The van der Waals surface area contributed by atoms with Gasteiger partial charge in [0.15, 0.2) is 0 Å². The molecule has 4 aromatic rings. The summed E-state index contributed by atoms with van der Waals surface area (Å²) < 4.78 is 127. The molecule has 0 saturated carbocycles. The number of nitrogens with one attached hydrogen (secondary N) is 1. The molecule has 0 aliphatic heterocycles. The fourth-order valence-electron chi connectivity index (χ4n) is 4.32. The Morgan fingerprint density at radius 3 is 2.30 bits per heavy atom. The van der Waals surface area contributed by atoms with Crippen molar-refractivity contribution in [3.8, 4) is 5.75 Å². The summed E-state index contributed by atoms with van der Waals surface area (Å²) in [4.78, 5) is 17.8. The molecular weight excluding hydrogens is 695 g/mol. The number of carbonyl (C=O) groups excluding carboxylic acids is 1. The van der Waals surface area contributed by atoms with Crippen LogP contribution in [0.15, 0.2) is 83.5 Å². The van der Waals surface area contributed by atoms with E-state index in [0.717, 1.165) is 24.4 Å². The van der Waals surface area contributed by atoms with E-state index in [9.17, 15) is 44.3 Å². The van der Waals surface area contributed by atoms with Crippen molar-refractivity contribution in [2.45, 2.75) is 30.7 Å². The van der Waals surface area contributed by atoms with Crippen molar-refractivity contribution in [2.24, 2.45) is 0 Å². The number of alkyl halides is 7. The smallest absolute Gasteiger partial charge is 0.428 e. The zero-order valence-corrected chi connectivity index (χ0v) is 24.1. The van der Waals surface area contributed by atoms with E-state index in [0.29, 0.717) is 22.2 Å². The fraction of sp³-hybridized carbons (Fsp3) is 0.172. The highest BCUT2D eigenvalue weighted by molar-refractivity contribution is 9.10. The van der Waals surface area contributed by atoms with Crippen LogP contribution in [0.4, 0.5) is 39.5 Å². The van der Waals surface area contributed by atoms with E-state index >= 15 is 0 Å². The van der Waals surface area contributed by atoms with Crippen molar-refractivity contribution >= 4 is 33.4 Å². The number of carbonyl (C=O) groups is 1. The van der Waals surface area contributed by atoms with Crippen LogP contribution in [0.2, 0.25) is 5.02 Å². The number of rotatable bonds is 9. The van der Waals surface area contributed by atoms with Gasteiger partial charge in [0.05, 0.1) is 16.3 Å². The second kappa shape index (κ2) is 12.7. The lowest BCUT2D eigenvalue weighted by atomic mass is 9.80. The molecule has 1 heterocycles. The van der Waals surface area contributed by atoms with Gasteiger partial charge >= 0.3 is 18.7 Å². The molecule has 0 fully saturated rings. The Morgan fingerprint density at radius 1 is 0.955 bits per heavy atom. The van der Waals surface area contributed by atoms with Crippen molar-refractivity contribution in [2.75, 3.05) is 0 Å². The fourth-order valence-corrected chi connectivity index (χ4v) is 4.88. The van der Waals surface area contributed by atoms with Crippen molar-refractivity contribution in [1.29, 1.82) is 0 Å². The highest BCUT2D eigenvalue weighted by Gasteiger charge is 2.45. The maximum absolute atomic E-state index is 15.0. The summed E-state index contributed by atoms with van der Waals surface area (Å²) >= 11 is 9.27. The van der Waals surface area contributed by atoms with Gasteiger partial charge in [0.25, 0.3) is 5.91 Å². The Labute approximate surface area is 256 Å². The molecule has 4 rings (SSSR count). The van der Waals surface area contributed by atoms with Crippen LogP contribution in [-0.4, -0.2) is 23.4 Å². The van der Waals surface area contributed by atoms with E-state index in [1.54, 1.807) is 24.3 Å². The monoisotopic (exact) mass is 710 g/mol. The van der Waals surface area contributed by atoms with Gasteiger partial charge in [-0.1, -0.05) is 39.7 Å². The van der Waals surface area contributed by atoms with Gasteiger partial charge in [-0.3, -0.25) is 9.78 Å². The Kier molecular flexibility index (Phi) is 9.54. The van der Waals surface area contributed by atoms with E-state index in [1.165, 1.54) is 12.1 Å². The molecule has 0 spiro atoms. The van der Waals surface area contributed by atoms with Crippen LogP contribution in [-0.2, 0) is 18.1 Å². The Bertz CT molecular complexity index is 1670. The number of nitrogens with zero attached hydrogens (tertiary/aromatic N) is 1. The van der Waals surface area contributed by atoms with Crippen molar-refractivity contribution in [3.05, 3.63) is 128 Å². The lowest BCUT2D eigenvalue weighted by Gasteiger charge is -2.36. The number of amides is 1. The van der Waals surface area contributed by atoms with Crippen LogP contribution in [0.3, 0.4) is 0 Å². The normalized spacial score (nSPS) is 13.5. The second-order valence-corrected chi connectivity index (χ2v) is 10.7. The minimum Gasteiger partial charge on any atom is -0.428 e. The lowest BCUT2D eigenvalue weighted by Crippen LogP contribution is -2.49. The molecule has 1 atom stereocenters. The minimum atomic E-state index is -5.17. The number of pyridine rings is 1. The highest BCUT2D eigenvalue weighted by Crippen LogP contribution is 2.38. The first kappa shape index (κ1) is 33.1. The van der Waals surface area contributed by atoms with Gasteiger partial charge in [-0.15, -0.1) is 0 Å². The maximum Gasteiger partial charge on any atom is 0.461 e. The predicted molar refractivity (Wildman–Crippen MR) is 145 cm³/mol. The molecule has 44 heavy (non-hydrogen) atoms. The number of halogens is 11. The van der Waals surface area contributed by atoms with Gasteiger partial charge < -0.3 is 10.1 Å². The number of aromatic nitrogens is 1. The van der Waals surface area contributed by atoms with E-state index in [4.69, 9.17) is 11.6 Å². The summed E-state index contributed by atoms with van der Waals surface area (Å²) in [6.07, 6.45) is -13.7. The summed E-state index contributed by atoms with van der Waals surface area (Å²) in [6, 6.07) is 12.3. The van der Waals surface area contributed by atoms with Crippen molar-refractivity contribution < 1.29 is 49.0 Å². The van der Waals surface area contributed by atoms with Gasteiger partial charge in [0, 0.05) is 28.7 Å². The first-order chi connectivity index (χ1) is 20.5. The maximum atomic E-state index is 15.0. The van der Waals surface area contributed by atoms with E-state index in [-0.39, 0.29) is 28.8 Å². The summed E-state index contributed by atoms with van der Waals surface area (Å²) in [7, 11) is 0. The van der Waals surface area contributed by atoms with Crippen molar-refractivity contribution in [3.63, 3.8) is 0 Å². The number of benzene rings is 3. The van der Waals surface area contributed by atoms with E-state index < -0.39 is 58.7 Å². The summed E-state index contributed by atoms with van der Waals surface area (Å²) in [5.74, 6) is -5.22. The molecule has 0 radical (unpaired) electrons. The van der Waals surface area contributed by atoms with Crippen LogP contribution in [0.5, 0.6) is 5.75 Å². The molecule has 1 amide bonds. The molecule has 0 aliphatic rings. The first-order valence-electron chi connectivity index (χ1n) is 12.2. The molecule has 0 bridgehead atoms. The molecule has 0 aliphatic carbocycles. The summed E-state index contributed by atoms with van der Waals surface area (Å²) in [6.45, 7) is 0. The van der Waals surface area contributed by atoms with Gasteiger partial charge in [-0.25, -0.2) is 8.78 Å².